The molecule has 0 aliphatic rings. The summed E-state index contributed by atoms with van der Waals surface area (Å²) < 4.78 is 10.5. The molecule has 0 atom stereocenters. The standard InChI is InChI=1S/C15H18O4/c1-5-9-18-14(17)12-7-6-8-13(10-12)19-15(3,4)11(2)16/h5-8,10H,1,9H2,2-4H3. The molecule has 1 aromatic rings. The Kier molecular flexibility index (Phi) is 4.87. The van der Waals surface area contributed by atoms with Crippen LogP contribution >= 0.6 is 0 Å². The van der Waals surface area contributed by atoms with E-state index in [2.05, 4.69) is 6.58 Å². The molecule has 0 spiro atoms. The lowest BCUT2D eigenvalue weighted by Gasteiger charge is -2.23. The first-order valence-electron chi connectivity index (χ1n) is 5.95. The quantitative estimate of drug-likeness (QED) is 0.584. The fourth-order valence-electron chi connectivity index (χ4n) is 1.27. The predicted molar refractivity (Wildman–Crippen MR) is 72.3 cm³/mol. The molecule has 102 valence electrons. The van der Waals surface area contributed by atoms with Crippen molar-refractivity contribution in [2.24, 2.45) is 0 Å². The molecule has 0 heterocycles. The van der Waals surface area contributed by atoms with Gasteiger partial charge in [0.15, 0.2) is 11.4 Å². The van der Waals surface area contributed by atoms with Crippen LogP contribution in [-0.2, 0) is 9.53 Å². The summed E-state index contributed by atoms with van der Waals surface area (Å²) in [6.45, 7) is 8.45. The maximum absolute atomic E-state index is 11.7. The van der Waals surface area contributed by atoms with Gasteiger partial charge >= 0.3 is 5.97 Å². The Morgan fingerprint density at radius 1 is 1.37 bits per heavy atom. The van der Waals surface area contributed by atoms with Gasteiger partial charge in [0, 0.05) is 0 Å². The molecular formula is C15H18O4. The summed E-state index contributed by atoms with van der Waals surface area (Å²) in [7, 11) is 0. The minimum Gasteiger partial charge on any atom is -0.480 e. The molecule has 4 nitrogen and oxygen atoms in total. The van der Waals surface area contributed by atoms with Gasteiger partial charge in [-0.1, -0.05) is 18.7 Å². The molecule has 0 saturated heterocycles. The normalized spacial score (nSPS) is 10.7. The Morgan fingerprint density at radius 3 is 2.63 bits per heavy atom. The van der Waals surface area contributed by atoms with E-state index in [4.69, 9.17) is 9.47 Å². The van der Waals surface area contributed by atoms with E-state index in [-0.39, 0.29) is 12.4 Å². The fourth-order valence-corrected chi connectivity index (χ4v) is 1.27. The summed E-state index contributed by atoms with van der Waals surface area (Å²) in [4.78, 5) is 23.1. The number of hydrogen-bond donors (Lipinski definition) is 0. The SMILES string of the molecule is C=CCOC(=O)c1cccc(OC(C)(C)C(C)=O)c1. The van der Waals surface area contributed by atoms with E-state index in [9.17, 15) is 9.59 Å². The third-order valence-corrected chi connectivity index (χ3v) is 2.62. The second-order valence-corrected chi connectivity index (χ2v) is 4.58. The van der Waals surface area contributed by atoms with Crippen LogP contribution in [0.5, 0.6) is 5.75 Å². The summed E-state index contributed by atoms with van der Waals surface area (Å²) in [6, 6.07) is 6.54. The van der Waals surface area contributed by atoms with Crippen molar-refractivity contribution in [2.45, 2.75) is 26.4 Å². The molecule has 0 N–H and O–H groups in total. The molecule has 4 heteroatoms. The van der Waals surface area contributed by atoms with E-state index in [1.165, 1.54) is 13.0 Å². The third-order valence-electron chi connectivity index (χ3n) is 2.62. The van der Waals surface area contributed by atoms with E-state index in [1.807, 2.05) is 0 Å². The van der Waals surface area contributed by atoms with Crippen LogP contribution in [0, 0.1) is 0 Å². The van der Waals surface area contributed by atoms with Crippen LogP contribution in [0.1, 0.15) is 31.1 Å². The first-order chi connectivity index (χ1) is 8.86. The van der Waals surface area contributed by atoms with Crippen LogP contribution in [0.25, 0.3) is 0 Å². The first kappa shape index (κ1) is 15.0. The number of Topliss-reactive ketones (excluding diaryl/α,β-unsaturated/α-hetero) is 1. The largest absolute Gasteiger partial charge is 0.480 e. The van der Waals surface area contributed by atoms with Crippen molar-refractivity contribution in [2.75, 3.05) is 6.61 Å². The summed E-state index contributed by atoms with van der Waals surface area (Å²) in [5.41, 5.74) is -0.553. The van der Waals surface area contributed by atoms with Gasteiger partial charge in [-0.25, -0.2) is 4.79 Å². The molecule has 0 amide bonds. The van der Waals surface area contributed by atoms with Crippen LogP contribution in [0.15, 0.2) is 36.9 Å². The number of hydrogen-bond acceptors (Lipinski definition) is 4. The lowest BCUT2D eigenvalue weighted by atomic mass is 10.1. The number of benzene rings is 1. The third kappa shape index (κ3) is 4.25. The van der Waals surface area contributed by atoms with Crippen LogP contribution in [0.4, 0.5) is 0 Å². The zero-order chi connectivity index (χ0) is 14.5. The maximum atomic E-state index is 11.7. The van der Waals surface area contributed by atoms with E-state index in [0.717, 1.165) is 0 Å². The highest BCUT2D eigenvalue weighted by Gasteiger charge is 2.25. The fraction of sp³-hybridized carbons (Fsp3) is 0.333. The van der Waals surface area contributed by atoms with Gasteiger partial charge < -0.3 is 9.47 Å². The van der Waals surface area contributed by atoms with E-state index in [1.54, 1.807) is 38.1 Å². The molecule has 1 rings (SSSR count). The van der Waals surface area contributed by atoms with Crippen molar-refractivity contribution < 1.29 is 19.1 Å². The average molecular weight is 262 g/mol. The molecule has 0 aliphatic heterocycles. The summed E-state index contributed by atoms with van der Waals surface area (Å²) in [6.07, 6.45) is 1.50. The van der Waals surface area contributed by atoms with Crippen LogP contribution in [0.3, 0.4) is 0 Å². The Labute approximate surface area is 113 Å². The van der Waals surface area contributed by atoms with Gasteiger partial charge in [-0.2, -0.15) is 0 Å². The molecule has 0 bridgehead atoms. The molecule has 1 aromatic carbocycles. The van der Waals surface area contributed by atoms with Gasteiger partial charge in [-0.3, -0.25) is 4.79 Å². The lowest BCUT2D eigenvalue weighted by molar-refractivity contribution is -0.129. The van der Waals surface area contributed by atoms with Crippen molar-refractivity contribution in [3.8, 4) is 5.75 Å². The summed E-state index contributed by atoms with van der Waals surface area (Å²) >= 11 is 0. The maximum Gasteiger partial charge on any atom is 0.338 e. The first-order valence-corrected chi connectivity index (χ1v) is 5.95. The van der Waals surface area contributed by atoms with Gasteiger partial charge in [0.2, 0.25) is 0 Å². The van der Waals surface area contributed by atoms with Crippen molar-refractivity contribution in [1.82, 2.24) is 0 Å². The van der Waals surface area contributed by atoms with Crippen LogP contribution in [-0.4, -0.2) is 24.0 Å². The molecule has 0 radical (unpaired) electrons. The minimum absolute atomic E-state index is 0.0906. The Balaban J connectivity index is 2.85. The highest BCUT2D eigenvalue weighted by molar-refractivity contribution is 5.90. The molecule has 0 fully saturated rings. The predicted octanol–water partition coefficient (Wildman–Crippen LogP) is 2.78. The van der Waals surface area contributed by atoms with Gasteiger partial charge in [0.05, 0.1) is 5.56 Å². The second kappa shape index (κ2) is 6.18. The zero-order valence-corrected chi connectivity index (χ0v) is 11.4. The van der Waals surface area contributed by atoms with Gasteiger partial charge in [-0.05, 0) is 39.0 Å². The number of carbonyl (C=O) groups excluding carboxylic acids is 2. The Bertz CT molecular complexity index is 489. The van der Waals surface area contributed by atoms with E-state index < -0.39 is 11.6 Å². The topological polar surface area (TPSA) is 52.6 Å². The van der Waals surface area contributed by atoms with Crippen LogP contribution < -0.4 is 4.74 Å². The van der Waals surface area contributed by atoms with Gasteiger partial charge in [-0.15, -0.1) is 0 Å². The van der Waals surface area contributed by atoms with Crippen molar-refractivity contribution in [3.63, 3.8) is 0 Å². The highest BCUT2D eigenvalue weighted by atomic mass is 16.5. The number of carbonyl (C=O) groups is 2. The lowest BCUT2D eigenvalue weighted by Crippen LogP contribution is -2.36. The molecule has 0 aliphatic carbocycles. The van der Waals surface area contributed by atoms with Crippen LogP contribution in [0.2, 0.25) is 0 Å². The van der Waals surface area contributed by atoms with Crippen molar-refractivity contribution >= 4 is 11.8 Å². The molecular weight excluding hydrogens is 244 g/mol. The monoisotopic (exact) mass is 262 g/mol. The molecule has 0 saturated carbocycles. The van der Waals surface area contributed by atoms with Gasteiger partial charge in [0.1, 0.15) is 12.4 Å². The number of rotatable bonds is 6. The van der Waals surface area contributed by atoms with E-state index in [0.29, 0.717) is 11.3 Å². The minimum atomic E-state index is -0.927. The van der Waals surface area contributed by atoms with Gasteiger partial charge in [0.25, 0.3) is 0 Å². The van der Waals surface area contributed by atoms with Crippen molar-refractivity contribution in [3.05, 3.63) is 42.5 Å². The summed E-state index contributed by atoms with van der Waals surface area (Å²) in [5.74, 6) is -0.0913. The number of ether oxygens (including phenoxy) is 2. The number of esters is 1. The Morgan fingerprint density at radius 2 is 2.05 bits per heavy atom. The Hall–Kier alpha value is -2.10. The second-order valence-electron chi connectivity index (χ2n) is 4.58. The smallest absolute Gasteiger partial charge is 0.338 e. The molecule has 0 unspecified atom stereocenters. The van der Waals surface area contributed by atoms with E-state index >= 15 is 0 Å². The average Bonchev–Trinajstić information content (AvgIpc) is 2.35. The zero-order valence-electron chi connectivity index (χ0n) is 11.4. The van der Waals surface area contributed by atoms with Crippen molar-refractivity contribution in [1.29, 1.82) is 0 Å². The molecule has 0 aromatic heterocycles. The highest BCUT2D eigenvalue weighted by Crippen LogP contribution is 2.20. The summed E-state index contributed by atoms with van der Waals surface area (Å²) in [5, 5.41) is 0. The molecule has 19 heavy (non-hydrogen) atoms. The number of ketones is 1.